The third kappa shape index (κ3) is 6.07. The van der Waals surface area contributed by atoms with Crippen LogP contribution in [0.5, 0.6) is 5.75 Å². The number of rotatable bonds is 7. The van der Waals surface area contributed by atoms with Crippen LogP contribution in [-0.2, 0) is 11.2 Å². The van der Waals surface area contributed by atoms with Gasteiger partial charge in [-0.1, -0.05) is 56.3 Å². The van der Waals surface area contributed by atoms with Gasteiger partial charge in [-0.15, -0.1) is 12.4 Å². The van der Waals surface area contributed by atoms with Crippen molar-refractivity contribution in [3.63, 3.8) is 0 Å². The van der Waals surface area contributed by atoms with Crippen LogP contribution in [0.2, 0.25) is 0 Å². The number of hydrogen-bond acceptors (Lipinski definition) is 3. The highest BCUT2D eigenvalue weighted by Crippen LogP contribution is 2.19. The van der Waals surface area contributed by atoms with Crippen LogP contribution in [0.25, 0.3) is 0 Å². The fourth-order valence-electron chi connectivity index (χ4n) is 2.55. The molecule has 0 aromatic heterocycles. The second-order valence-corrected chi connectivity index (χ2v) is 6.22. The number of carbonyl (C=O) groups excluding carboxylic acids is 1. The summed E-state index contributed by atoms with van der Waals surface area (Å²) >= 11 is 0. The number of para-hydroxylation sites is 1. The lowest BCUT2D eigenvalue weighted by Crippen LogP contribution is -2.32. The van der Waals surface area contributed by atoms with Gasteiger partial charge < -0.3 is 15.8 Å². The Bertz CT molecular complexity index is 672. The summed E-state index contributed by atoms with van der Waals surface area (Å²) in [5, 5.41) is 2.90. The van der Waals surface area contributed by atoms with E-state index < -0.39 is 0 Å². The summed E-state index contributed by atoms with van der Waals surface area (Å²) in [7, 11) is 1.60. The van der Waals surface area contributed by atoms with Gasteiger partial charge in [0.05, 0.1) is 13.5 Å². The van der Waals surface area contributed by atoms with Crippen molar-refractivity contribution >= 4 is 18.3 Å². The molecule has 0 aliphatic carbocycles. The molecule has 0 saturated heterocycles. The number of nitrogens with two attached hydrogens (primary N) is 1. The monoisotopic (exact) mass is 362 g/mol. The topological polar surface area (TPSA) is 64.3 Å². The number of methoxy groups -OCH3 is 1. The van der Waals surface area contributed by atoms with Crippen molar-refractivity contribution in [2.45, 2.75) is 32.2 Å². The molecule has 2 rings (SSSR count). The summed E-state index contributed by atoms with van der Waals surface area (Å²) in [6.45, 7) is 4.73. The van der Waals surface area contributed by atoms with E-state index in [9.17, 15) is 4.79 Å². The molecular weight excluding hydrogens is 336 g/mol. The Kier molecular flexibility index (Phi) is 8.46. The summed E-state index contributed by atoms with van der Waals surface area (Å²) < 4.78 is 5.27. The van der Waals surface area contributed by atoms with Gasteiger partial charge in [0, 0.05) is 18.2 Å². The van der Waals surface area contributed by atoms with Crippen molar-refractivity contribution in [2.75, 3.05) is 13.7 Å². The quantitative estimate of drug-likeness (QED) is 0.791. The maximum Gasteiger partial charge on any atom is 0.224 e. The van der Waals surface area contributed by atoms with E-state index in [1.54, 1.807) is 7.11 Å². The number of amides is 1. The molecule has 2 aromatic rings. The minimum Gasteiger partial charge on any atom is -0.496 e. The molecule has 4 nitrogen and oxygen atoms in total. The first kappa shape index (κ1) is 21.0. The zero-order chi connectivity index (χ0) is 17.5. The lowest BCUT2D eigenvalue weighted by molar-refractivity contribution is -0.120. The van der Waals surface area contributed by atoms with Crippen molar-refractivity contribution < 1.29 is 9.53 Å². The molecule has 0 aliphatic rings. The summed E-state index contributed by atoms with van der Waals surface area (Å²) in [5.74, 6) is 1.16. The molecule has 3 N–H and O–H groups in total. The smallest absolute Gasteiger partial charge is 0.224 e. The highest BCUT2D eigenvalue weighted by molar-refractivity contribution is 5.85. The van der Waals surface area contributed by atoms with Crippen molar-refractivity contribution in [3.05, 3.63) is 65.2 Å². The minimum absolute atomic E-state index is 0. The van der Waals surface area contributed by atoms with Gasteiger partial charge in [-0.25, -0.2) is 0 Å². The number of halogens is 1. The standard InChI is InChI=1S/C20H26N2O2.ClH/c1-14(2)15-8-10-16(11-9-15)18(21)13-22-20(23)12-17-6-4-5-7-19(17)24-3;/h4-11,14,18H,12-13,21H2,1-3H3,(H,22,23);1H. The first-order valence-corrected chi connectivity index (χ1v) is 8.25. The molecule has 0 aliphatic heterocycles. The van der Waals surface area contributed by atoms with Crippen LogP contribution in [-0.4, -0.2) is 19.6 Å². The molecule has 0 radical (unpaired) electrons. The molecule has 1 atom stereocenters. The number of ether oxygens (including phenoxy) is 1. The van der Waals surface area contributed by atoms with Gasteiger partial charge in [0.1, 0.15) is 5.75 Å². The highest BCUT2D eigenvalue weighted by Gasteiger charge is 2.11. The van der Waals surface area contributed by atoms with Crippen LogP contribution in [0, 0.1) is 0 Å². The molecule has 25 heavy (non-hydrogen) atoms. The summed E-state index contributed by atoms with van der Waals surface area (Å²) in [5.41, 5.74) is 9.36. The van der Waals surface area contributed by atoms with E-state index in [2.05, 4.69) is 31.3 Å². The minimum atomic E-state index is -0.215. The highest BCUT2D eigenvalue weighted by atomic mass is 35.5. The van der Waals surface area contributed by atoms with Gasteiger partial charge in [0.25, 0.3) is 0 Å². The zero-order valence-electron chi connectivity index (χ0n) is 15.0. The summed E-state index contributed by atoms with van der Waals surface area (Å²) in [6.07, 6.45) is 0.281. The number of nitrogens with one attached hydrogen (secondary N) is 1. The predicted molar refractivity (Wildman–Crippen MR) is 104 cm³/mol. The van der Waals surface area contributed by atoms with Crippen LogP contribution in [0.1, 0.15) is 42.5 Å². The van der Waals surface area contributed by atoms with Crippen LogP contribution < -0.4 is 15.8 Å². The third-order valence-corrected chi connectivity index (χ3v) is 4.09. The van der Waals surface area contributed by atoms with Gasteiger partial charge in [-0.2, -0.15) is 0 Å². The molecule has 0 bridgehead atoms. The maximum absolute atomic E-state index is 12.1. The van der Waals surface area contributed by atoms with Crippen molar-refractivity contribution in [3.8, 4) is 5.75 Å². The lowest BCUT2D eigenvalue weighted by Gasteiger charge is -2.15. The predicted octanol–water partition coefficient (Wildman–Crippen LogP) is 3.60. The second-order valence-electron chi connectivity index (χ2n) is 6.22. The molecule has 1 amide bonds. The van der Waals surface area contributed by atoms with Crippen LogP contribution in [0.15, 0.2) is 48.5 Å². The van der Waals surface area contributed by atoms with Crippen molar-refractivity contribution in [1.82, 2.24) is 5.32 Å². The molecule has 136 valence electrons. The van der Waals surface area contributed by atoms with Gasteiger partial charge in [-0.05, 0) is 23.1 Å². The molecule has 0 heterocycles. The van der Waals surface area contributed by atoms with E-state index in [1.807, 2.05) is 36.4 Å². The fraction of sp³-hybridized carbons (Fsp3) is 0.350. The molecule has 1 unspecified atom stereocenters. The van der Waals surface area contributed by atoms with E-state index in [-0.39, 0.29) is 30.8 Å². The SMILES string of the molecule is COc1ccccc1CC(=O)NCC(N)c1ccc(C(C)C)cc1.Cl. The fourth-order valence-corrected chi connectivity index (χ4v) is 2.55. The number of hydrogen-bond donors (Lipinski definition) is 2. The first-order chi connectivity index (χ1) is 11.5. The Morgan fingerprint density at radius 3 is 2.28 bits per heavy atom. The molecule has 0 fully saturated rings. The average molecular weight is 363 g/mol. The van der Waals surface area contributed by atoms with Crippen LogP contribution >= 0.6 is 12.4 Å². The maximum atomic E-state index is 12.1. The third-order valence-electron chi connectivity index (χ3n) is 4.09. The molecule has 0 spiro atoms. The van der Waals surface area contributed by atoms with Gasteiger partial charge in [-0.3, -0.25) is 4.79 Å². The van der Waals surface area contributed by atoms with Gasteiger partial charge >= 0.3 is 0 Å². The van der Waals surface area contributed by atoms with Gasteiger partial charge in [0.2, 0.25) is 5.91 Å². The molecule has 0 saturated carbocycles. The first-order valence-electron chi connectivity index (χ1n) is 8.25. The van der Waals surface area contributed by atoms with E-state index in [4.69, 9.17) is 10.5 Å². The normalized spacial score (nSPS) is 11.6. The van der Waals surface area contributed by atoms with Crippen LogP contribution in [0.4, 0.5) is 0 Å². The summed E-state index contributed by atoms with van der Waals surface area (Å²) in [4.78, 5) is 12.1. The van der Waals surface area contributed by atoms with Crippen molar-refractivity contribution in [1.29, 1.82) is 0 Å². The second kappa shape index (κ2) is 10.1. The van der Waals surface area contributed by atoms with Crippen molar-refractivity contribution in [2.24, 2.45) is 5.73 Å². The van der Waals surface area contributed by atoms with E-state index in [1.165, 1.54) is 5.56 Å². The molecule has 5 heteroatoms. The number of carbonyl (C=O) groups is 1. The molecular formula is C20H27ClN2O2. The van der Waals surface area contributed by atoms with E-state index >= 15 is 0 Å². The largest absolute Gasteiger partial charge is 0.496 e. The average Bonchev–Trinajstić information content (AvgIpc) is 2.60. The lowest BCUT2D eigenvalue weighted by atomic mass is 9.99. The Morgan fingerprint density at radius 2 is 1.68 bits per heavy atom. The Labute approximate surface area is 156 Å². The summed E-state index contributed by atoms with van der Waals surface area (Å²) in [6, 6.07) is 15.6. The zero-order valence-corrected chi connectivity index (χ0v) is 15.8. The Hall–Kier alpha value is -2.04. The van der Waals surface area contributed by atoms with E-state index in [0.29, 0.717) is 12.5 Å². The van der Waals surface area contributed by atoms with Gasteiger partial charge in [0.15, 0.2) is 0 Å². The molecule has 2 aromatic carbocycles. The number of benzene rings is 2. The van der Waals surface area contributed by atoms with E-state index in [0.717, 1.165) is 16.9 Å². The Balaban J connectivity index is 0.00000312. The van der Waals surface area contributed by atoms with Crippen LogP contribution in [0.3, 0.4) is 0 Å². The Morgan fingerprint density at radius 1 is 1.08 bits per heavy atom.